The zero-order chi connectivity index (χ0) is 8.44. The van der Waals surface area contributed by atoms with Gasteiger partial charge in [0.15, 0.2) is 0 Å². The minimum atomic E-state index is 0.289. The smallest absolute Gasteiger partial charge is 0.0558 e. The highest BCUT2D eigenvalue weighted by molar-refractivity contribution is 4.92. The molecule has 0 aromatic heterocycles. The molecule has 1 N–H and O–H groups in total. The average Bonchev–Trinajstić information content (AvgIpc) is 2.65. The summed E-state index contributed by atoms with van der Waals surface area (Å²) in [6.07, 6.45) is 2.47. The number of rotatable bonds is 2. The van der Waals surface area contributed by atoms with Crippen molar-refractivity contribution in [3.05, 3.63) is 0 Å². The van der Waals surface area contributed by atoms with E-state index in [1.807, 2.05) is 0 Å². The number of likely N-dealkylation sites (tertiary alicyclic amines) is 1. The number of aliphatic hydroxyl groups excluding tert-OH is 1. The third-order valence-electron chi connectivity index (χ3n) is 3.12. The van der Waals surface area contributed by atoms with Crippen molar-refractivity contribution in [1.82, 2.24) is 4.90 Å². The van der Waals surface area contributed by atoms with E-state index in [0.29, 0.717) is 5.41 Å². The van der Waals surface area contributed by atoms with Gasteiger partial charge in [0, 0.05) is 25.1 Å². The SMILES string of the molecule is OCCN1CC[C@]2(CCOC2)C1. The van der Waals surface area contributed by atoms with Gasteiger partial charge in [-0.1, -0.05) is 0 Å². The Balaban J connectivity index is 1.88. The lowest BCUT2D eigenvalue weighted by Gasteiger charge is -2.21. The van der Waals surface area contributed by atoms with Crippen LogP contribution in [0.4, 0.5) is 0 Å². The van der Waals surface area contributed by atoms with E-state index >= 15 is 0 Å². The van der Waals surface area contributed by atoms with Gasteiger partial charge >= 0.3 is 0 Å². The second-order valence-electron chi connectivity index (χ2n) is 4.05. The molecular formula is C9H17NO2. The summed E-state index contributed by atoms with van der Waals surface area (Å²) >= 11 is 0. The van der Waals surface area contributed by atoms with E-state index in [0.717, 1.165) is 32.8 Å². The predicted molar refractivity (Wildman–Crippen MR) is 46.0 cm³/mol. The van der Waals surface area contributed by atoms with Crippen LogP contribution in [0.3, 0.4) is 0 Å². The van der Waals surface area contributed by atoms with E-state index in [2.05, 4.69) is 4.90 Å². The molecular weight excluding hydrogens is 154 g/mol. The van der Waals surface area contributed by atoms with E-state index in [9.17, 15) is 0 Å². The van der Waals surface area contributed by atoms with Crippen LogP contribution in [0.5, 0.6) is 0 Å². The van der Waals surface area contributed by atoms with E-state index in [4.69, 9.17) is 9.84 Å². The second kappa shape index (κ2) is 3.32. The molecule has 1 spiro atoms. The van der Waals surface area contributed by atoms with Crippen LogP contribution in [0.2, 0.25) is 0 Å². The molecule has 0 aromatic rings. The molecule has 2 saturated heterocycles. The molecule has 0 amide bonds. The van der Waals surface area contributed by atoms with Gasteiger partial charge in [-0.25, -0.2) is 0 Å². The first-order valence-corrected chi connectivity index (χ1v) is 4.76. The largest absolute Gasteiger partial charge is 0.395 e. The van der Waals surface area contributed by atoms with Crippen molar-refractivity contribution >= 4 is 0 Å². The fourth-order valence-electron chi connectivity index (χ4n) is 2.33. The van der Waals surface area contributed by atoms with Gasteiger partial charge in [-0.3, -0.25) is 0 Å². The van der Waals surface area contributed by atoms with Crippen molar-refractivity contribution in [3.8, 4) is 0 Å². The molecule has 0 aliphatic carbocycles. The van der Waals surface area contributed by atoms with Gasteiger partial charge in [-0.05, 0) is 19.4 Å². The molecule has 2 aliphatic heterocycles. The number of β-amino-alcohol motifs (C(OH)–C–C–N with tert-alkyl or cyclic N) is 1. The topological polar surface area (TPSA) is 32.7 Å². The van der Waals surface area contributed by atoms with E-state index in [-0.39, 0.29) is 6.61 Å². The monoisotopic (exact) mass is 171 g/mol. The van der Waals surface area contributed by atoms with Crippen LogP contribution in [0.15, 0.2) is 0 Å². The zero-order valence-corrected chi connectivity index (χ0v) is 7.46. The van der Waals surface area contributed by atoms with Gasteiger partial charge in [0.05, 0.1) is 13.2 Å². The third-order valence-corrected chi connectivity index (χ3v) is 3.12. The summed E-state index contributed by atoms with van der Waals surface area (Å²) in [6, 6.07) is 0. The molecule has 0 radical (unpaired) electrons. The number of aliphatic hydroxyl groups is 1. The van der Waals surface area contributed by atoms with E-state index in [1.165, 1.54) is 12.8 Å². The molecule has 0 unspecified atom stereocenters. The highest BCUT2D eigenvalue weighted by Crippen LogP contribution is 2.37. The van der Waals surface area contributed by atoms with Crippen molar-refractivity contribution in [2.45, 2.75) is 12.8 Å². The highest BCUT2D eigenvalue weighted by Gasteiger charge is 2.40. The van der Waals surface area contributed by atoms with Crippen LogP contribution in [-0.2, 0) is 4.74 Å². The normalized spacial score (nSPS) is 36.8. The Labute approximate surface area is 73.3 Å². The standard InChI is InChI=1S/C9H17NO2/c11-5-4-10-3-1-9(7-10)2-6-12-8-9/h11H,1-8H2/t9-/m0/s1. The Morgan fingerprint density at radius 3 is 3.00 bits per heavy atom. The molecule has 0 saturated carbocycles. The molecule has 2 rings (SSSR count). The average molecular weight is 171 g/mol. The lowest BCUT2D eigenvalue weighted by Crippen LogP contribution is -2.29. The van der Waals surface area contributed by atoms with Crippen molar-refractivity contribution in [3.63, 3.8) is 0 Å². The Bertz CT molecular complexity index is 155. The van der Waals surface area contributed by atoms with Gasteiger partial charge in [0.2, 0.25) is 0 Å². The molecule has 3 heteroatoms. The van der Waals surface area contributed by atoms with Crippen LogP contribution in [-0.4, -0.2) is 49.5 Å². The van der Waals surface area contributed by atoms with E-state index in [1.54, 1.807) is 0 Å². The predicted octanol–water partition coefficient (Wildman–Crippen LogP) is 0.0911. The minimum Gasteiger partial charge on any atom is -0.395 e. The fourth-order valence-corrected chi connectivity index (χ4v) is 2.33. The van der Waals surface area contributed by atoms with Gasteiger partial charge in [-0.2, -0.15) is 0 Å². The van der Waals surface area contributed by atoms with Crippen LogP contribution >= 0.6 is 0 Å². The van der Waals surface area contributed by atoms with Crippen molar-refractivity contribution in [2.24, 2.45) is 5.41 Å². The number of ether oxygens (including phenoxy) is 1. The Morgan fingerprint density at radius 2 is 2.33 bits per heavy atom. The Hall–Kier alpha value is -0.120. The zero-order valence-electron chi connectivity index (χ0n) is 7.46. The van der Waals surface area contributed by atoms with Crippen molar-refractivity contribution in [1.29, 1.82) is 0 Å². The van der Waals surface area contributed by atoms with Gasteiger partial charge in [-0.15, -0.1) is 0 Å². The maximum absolute atomic E-state index is 8.78. The maximum atomic E-state index is 8.78. The third kappa shape index (κ3) is 1.49. The Kier molecular flexibility index (Phi) is 2.35. The Morgan fingerprint density at radius 1 is 1.42 bits per heavy atom. The summed E-state index contributed by atoms with van der Waals surface area (Å²) in [4.78, 5) is 2.34. The summed E-state index contributed by atoms with van der Waals surface area (Å²) in [6.45, 7) is 5.28. The first-order chi connectivity index (χ1) is 5.85. The van der Waals surface area contributed by atoms with Crippen molar-refractivity contribution < 1.29 is 9.84 Å². The number of hydrogen-bond donors (Lipinski definition) is 1. The summed E-state index contributed by atoms with van der Waals surface area (Å²) in [5, 5.41) is 8.78. The minimum absolute atomic E-state index is 0.289. The van der Waals surface area contributed by atoms with Gasteiger partial charge < -0.3 is 14.7 Å². The molecule has 3 nitrogen and oxygen atoms in total. The highest BCUT2D eigenvalue weighted by atomic mass is 16.5. The summed E-state index contributed by atoms with van der Waals surface area (Å²) in [5.41, 5.74) is 0.454. The molecule has 12 heavy (non-hydrogen) atoms. The number of hydrogen-bond acceptors (Lipinski definition) is 3. The van der Waals surface area contributed by atoms with Crippen LogP contribution < -0.4 is 0 Å². The molecule has 2 aliphatic rings. The van der Waals surface area contributed by atoms with Crippen molar-refractivity contribution in [2.75, 3.05) is 39.5 Å². The fraction of sp³-hybridized carbons (Fsp3) is 1.00. The first kappa shape index (κ1) is 8.48. The molecule has 0 bridgehead atoms. The molecule has 2 fully saturated rings. The quantitative estimate of drug-likeness (QED) is 0.639. The van der Waals surface area contributed by atoms with Crippen LogP contribution in [0.25, 0.3) is 0 Å². The molecule has 0 aromatic carbocycles. The van der Waals surface area contributed by atoms with Crippen LogP contribution in [0.1, 0.15) is 12.8 Å². The molecule has 2 heterocycles. The van der Waals surface area contributed by atoms with Crippen LogP contribution in [0, 0.1) is 5.41 Å². The lowest BCUT2D eigenvalue weighted by atomic mass is 9.87. The van der Waals surface area contributed by atoms with Gasteiger partial charge in [0.25, 0.3) is 0 Å². The maximum Gasteiger partial charge on any atom is 0.0558 e. The summed E-state index contributed by atoms with van der Waals surface area (Å²) in [7, 11) is 0. The second-order valence-corrected chi connectivity index (χ2v) is 4.05. The lowest BCUT2D eigenvalue weighted by molar-refractivity contribution is 0.147. The van der Waals surface area contributed by atoms with Gasteiger partial charge in [0.1, 0.15) is 0 Å². The van der Waals surface area contributed by atoms with E-state index < -0.39 is 0 Å². The number of nitrogens with zero attached hydrogens (tertiary/aromatic N) is 1. The summed E-state index contributed by atoms with van der Waals surface area (Å²) in [5.74, 6) is 0. The molecule has 70 valence electrons. The molecule has 1 atom stereocenters. The first-order valence-electron chi connectivity index (χ1n) is 4.76. The summed E-state index contributed by atoms with van der Waals surface area (Å²) < 4.78 is 5.42.